The molecule has 0 unspecified atom stereocenters. The fraction of sp³-hybridized carbons (Fsp3) is 0.417. The molecule has 1 aromatic carbocycles. The van der Waals surface area contributed by atoms with Crippen LogP contribution >= 0.6 is 11.6 Å². The number of nitrogens with zero attached hydrogens (tertiary/aromatic N) is 3. The summed E-state index contributed by atoms with van der Waals surface area (Å²) >= 11 is 5.86. The van der Waals surface area contributed by atoms with E-state index in [9.17, 15) is 28.1 Å². The number of aromatic nitrogens is 1. The van der Waals surface area contributed by atoms with E-state index < -0.39 is 36.7 Å². The van der Waals surface area contributed by atoms with E-state index in [4.69, 9.17) is 11.6 Å². The third kappa shape index (κ3) is 4.34. The fourth-order valence-electron chi connectivity index (χ4n) is 4.28. The van der Waals surface area contributed by atoms with Gasteiger partial charge in [-0.15, -0.1) is 0 Å². The molecule has 1 N–H and O–H groups in total. The van der Waals surface area contributed by atoms with Crippen LogP contribution in [0.25, 0.3) is 0 Å². The summed E-state index contributed by atoms with van der Waals surface area (Å²) in [5.41, 5.74) is 0.253. The van der Waals surface area contributed by atoms with Gasteiger partial charge in [0.1, 0.15) is 11.3 Å². The van der Waals surface area contributed by atoms with E-state index in [0.717, 1.165) is 5.56 Å². The third-order valence-electron chi connectivity index (χ3n) is 6.68. The Morgan fingerprint density at radius 1 is 1.14 bits per heavy atom. The number of pyridine rings is 1. The van der Waals surface area contributed by atoms with Crippen molar-refractivity contribution in [2.24, 2.45) is 0 Å². The van der Waals surface area contributed by atoms with Gasteiger partial charge in [-0.3, -0.25) is 14.4 Å². The molecule has 1 saturated carbocycles. The minimum Gasteiger partial charge on any atom is -0.348 e. The SMILES string of the molecule is CC(C)(C#N)S(=O)(=O)C1(CN2CCn3c(ccc(C(=O)NCc4ccc(Cl)cc4)c3=O)C2=O)CC1. The van der Waals surface area contributed by atoms with Crippen LogP contribution in [-0.4, -0.2) is 52.3 Å². The molecule has 1 fully saturated rings. The Morgan fingerprint density at radius 3 is 2.40 bits per heavy atom. The van der Waals surface area contributed by atoms with E-state index in [-0.39, 0.29) is 37.4 Å². The zero-order valence-electron chi connectivity index (χ0n) is 19.4. The van der Waals surface area contributed by atoms with Gasteiger partial charge in [0, 0.05) is 31.2 Å². The lowest BCUT2D eigenvalue weighted by molar-refractivity contribution is 0.0694. The largest absolute Gasteiger partial charge is 0.348 e. The number of halogens is 1. The Balaban J connectivity index is 1.51. The lowest BCUT2D eigenvalue weighted by atomic mass is 10.1. The highest BCUT2D eigenvalue weighted by atomic mass is 35.5. The van der Waals surface area contributed by atoms with Crippen LogP contribution in [0.5, 0.6) is 0 Å². The van der Waals surface area contributed by atoms with Crippen molar-refractivity contribution in [3.05, 3.63) is 68.6 Å². The number of nitriles is 1. The zero-order chi connectivity index (χ0) is 25.6. The maximum atomic E-state index is 13.1. The number of rotatable bonds is 7. The van der Waals surface area contributed by atoms with Gasteiger partial charge >= 0.3 is 0 Å². The zero-order valence-corrected chi connectivity index (χ0v) is 20.9. The molecule has 184 valence electrons. The lowest BCUT2D eigenvalue weighted by Crippen LogP contribution is -2.52. The first-order valence-corrected chi connectivity index (χ1v) is 13.0. The molecule has 1 aromatic heterocycles. The van der Waals surface area contributed by atoms with E-state index in [1.54, 1.807) is 24.3 Å². The first-order valence-electron chi connectivity index (χ1n) is 11.1. The van der Waals surface area contributed by atoms with Crippen LogP contribution in [0, 0.1) is 11.3 Å². The van der Waals surface area contributed by atoms with E-state index in [1.165, 1.54) is 35.4 Å². The Hall–Kier alpha value is -3.16. The molecule has 1 aliphatic heterocycles. The summed E-state index contributed by atoms with van der Waals surface area (Å²) < 4.78 is 24.7. The maximum absolute atomic E-state index is 13.1. The highest BCUT2D eigenvalue weighted by Crippen LogP contribution is 2.49. The average molecular weight is 517 g/mol. The van der Waals surface area contributed by atoms with Crippen molar-refractivity contribution in [1.29, 1.82) is 5.26 Å². The number of carbonyl (C=O) groups excluding carboxylic acids is 2. The van der Waals surface area contributed by atoms with Gasteiger partial charge in [0.2, 0.25) is 0 Å². The molecule has 2 heterocycles. The topological polar surface area (TPSA) is 129 Å². The average Bonchev–Trinajstić information content (AvgIpc) is 3.62. The van der Waals surface area contributed by atoms with Crippen LogP contribution in [0.15, 0.2) is 41.2 Å². The highest BCUT2D eigenvalue weighted by molar-refractivity contribution is 7.94. The molecule has 0 saturated heterocycles. The minimum atomic E-state index is -3.82. The fourth-order valence-corrected chi connectivity index (χ4v) is 6.57. The predicted molar refractivity (Wildman–Crippen MR) is 130 cm³/mol. The van der Waals surface area contributed by atoms with E-state index in [1.807, 2.05) is 6.07 Å². The van der Waals surface area contributed by atoms with Crippen molar-refractivity contribution < 1.29 is 18.0 Å². The van der Waals surface area contributed by atoms with Crippen LogP contribution in [0.4, 0.5) is 0 Å². The Bertz CT molecular complexity index is 1400. The van der Waals surface area contributed by atoms with Crippen LogP contribution in [-0.2, 0) is 22.9 Å². The van der Waals surface area contributed by atoms with Crippen molar-refractivity contribution in [1.82, 2.24) is 14.8 Å². The van der Waals surface area contributed by atoms with Crippen molar-refractivity contribution in [3.63, 3.8) is 0 Å². The summed E-state index contributed by atoms with van der Waals surface area (Å²) in [6, 6.07) is 11.5. The Labute approximate surface area is 208 Å². The standard InChI is InChI=1S/C24H25ClN4O5S/c1-23(2,14-26)35(33,34)24(9-10-24)15-28-11-12-29-19(22(28)32)8-7-18(21(29)31)20(30)27-13-16-3-5-17(25)6-4-16/h3-8H,9-13,15H2,1-2H3,(H,27,30). The van der Waals surface area contributed by atoms with Crippen molar-refractivity contribution in [3.8, 4) is 6.07 Å². The van der Waals surface area contributed by atoms with Crippen molar-refractivity contribution >= 4 is 33.3 Å². The molecule has 9 nitrogen and oxygen atoms in total. The van der Waals surface area contributed by atoms with E-state index >= 15 is 0 Å². The molecule has 2 aliphatic rings. The molecule has 0 bridgehead atoms. The van der Waals surface area contributed by atoms with E-state index in [0.29, 0.717) is 17.9 Å². The highest BCUT2D eigenvalue weighted by Gasteiger charge is 2.61. The van der Waals surface area contributed by atoms with Crippen molar-refractivity contribution in [2.75, 3.05) is 13.1 Å². The van der Waals surface area contributed by atoms with Gasteiger partial charge < -0.3 is 14.8 Å². The van der Waals surface area contributed by atoms with Gasteiger partial charge in [-0.25, -0.2) is 8.42 Å². The molecule has 35 heavy (non-hydrogen) atoms. The first kappa shape index (κ1) is 24.9. The summed E-state index contributed by atoms with van der Waals surface area (Å²) in [6.07, 6.45) is 0.757. The lowest BCUT2D eigenvalue weighted by Gasteiger charge is -2.34. The summed E-state index contributed by atoms with van der Waals surface area (Å²) in [6.45, 7) is 3.18. The second-order valence-electron chi connectivity index (χ2n) is 9.43. The van der Waals surface area contributed by atoms with Crippen LogP contribution in [0.2, 0.25) is 5.02 Å². The molecule has 0 spiro atoms. The number of hydrogen-bond acceptors (Lipinski definition) is 6. The van der Waals surface area contributed by atoms with Gasteiger partial charge in [-0.2, -0.15) is 5.26 Å². The quantitative estimate of drug-likeness (QED) is 0.600. The molecule has 4 rings (SSSR count). The third-order valence-corrected chi connectivity index (χ3v) is 10.0. The molecular formula is C24H25ClN4O5S. The minimum absolute atomic E-state index is 0.0310. The first-order chi connectivity index (χ1) is 16.4. The van der Waals surface area contributed by atoms with Crippen LogP contribution < -0.4 is 10.9 Å². The summed E-state index contributed by atoms with van der Waals surface area (Å²) in [4.78, 5) is 40.2. The molecule has 11 heteroatoms. The second kappa shape index (κ2) is 8.81. The van der Waals surface area contributed by atoms with Crippen LogP contribution in [0.1, 0.15) is 53.1 Å². The Kier molecular flexibility index (Phi) is 6.28. The van der Waals surface area contributed by atoms with Gasteiger partial charge in [0.25, 0.3) is 17.4 Å². The number of amides is 2. The van der Waals surface area contributed by atoms with Gasteiger partial charge in [-0.05, 0) is 56.5 Å². The van der Waals surface area contributed by atoms with Gasteiger partial charge in [-0.1, -0.05) is 23.7 Å². The van der Waals surface area contributed by atoms with Crippen LogP contribution in [0.3, 0.4) is 0 Å². The Morgan fingerprint density at radius 2 is 1.80 bits per heavy atom. The number of benzene rings is 1. The van der Waals surface area contributed by atoms with Gasteiger partial charge in [0.15, 0.2) is 14.6 Å². The number of hydrogen-bond donors (Lipinski definition) is 1. The predicted octanol–water partition coefficient (Wildman–Crippen LogP) is 2.14. The van der Waals surface area contributed by atoms with Gasteiger partial charge in [0.05, 0.1) is 10.8 Å². The van der Waals surface area contributed by atoms with Crippen molar-refractivity contribution in [2.45, 2.75) is 49.3 Å². The summed E-state index contributed by atoms with van der Waals surface area (Å²) in [5, 5.41) is 12.6. The number of fused-ring (bicyclic) bond motifs is 1. The summed E-state index contributed by atoms with van der Waals surface area (Å²) in [5.74, 6) is -1.03. The number of sulfone groups is 1. The van der Waals surface area contributed by atoms with E-state index in [2.05, 4.69) is 5.32 Å². The molecule has 2 amide bonds. The number of nitrogens with one attached hydrogen (secondary N) is 1. The normalized spacial score (nSPS) is 16.9. The molecule has 2 aromatic rings. The molecule has 0 radical (unpaired) electrons. The maximum Gasteiger partial charge on any atom is 0.270 e. The number of carbonyl (C=O) groups is 2. The molecule has 1 aliphatic carbocycles. The monoisotopic (exact) mass is 516 g/mol. The second-order valence-corrected chi connectivity index (χ2v) is 12.8. The molecular weight excluding hydrogens is 492 g/mol. The smallest absolute Gasteiger partial charge is 0.270 e. The molecule has 0 atom stereocenters. The summed E-state index contributed by atoms with van der Waals surface area (Å²) in [7, 11) is -3.82.